The summed E-state index contributed by atoms with van der Waals surface area (Å²) in [4.78, 5) is 14.6. The Morgan fingerprint density at radius 3 is 2.78 bits per heavy atom. The molecule has 126 valence electrons. The fourth-order valence-corrected chi connectivity index (χ4v) is 4.15. The Morgan fingerprint density at radius 2 is 2.22 bits per heavy atom. The minimum absolute atomic E-state index is 0.00500. The molecule has 0 saturated carbocycles. The predicted octanol–water partition coefficient (Wildman–Crippen LogP) is 4.50. The number of amides is 1. The van der Waals surface area contributed by atoms with E-state index in [1.165, 1.54) is 4.88 Å². The van der Waals surface area contributed by atoms with Gasteiger partial charge in [0, 0.05) is 21.7 Å². The topological polar surface area (TPSA) is 46.9 Å². The van der Waals surface area contributed by atoms with E-state index in [1.54, 1.807) is 17.5 Å². The molecule has 2 rings (SSSR count). The van der Waals surface area contributed by atoms with Crippen molar-refractivity contribution in [3.05, 3.63) is 38.8 Å². The summed E-state index contributed by atoms with van der Waals surface area (Å²) >= 11 is 5.13. The van der Waals surface area contributed by atoms with Gasteiger partial charge in [-0.1, -0.05) is 34.1 Å². The Morgan fingerprint density at radius 1 is 1.48 bits per heavy atom. The molecule has 23 heavy (non-hydrogen) atoms. The van der Waals surface area contributed by atoms with Gasteiger partial charge in [0.05, 0.1) is 17.5 Å². The first kappa shape index (κ1) is 18.2. The van der Waals surface area contributed by atoms with Gasteiger partial charge in [0.1, 0.15) is 0 Å². The van der Waals surface area contributed by atoms with Crippen LogP contribution in [0.1, 0.15) is 48.7 Å². The lowest BCUT2D eigenvalue weighted by Gasteiger charge is -2.31. The number of nitrogens with one attached hydrogen (secondary N) is 1. The number of aromatic nitrogens is 2. The van der Waals surface area contributed by atoms with Gasteiger partial charge < -0.3 is 5.32 Å². The lowest BCUT2D eigenvalue weighted by Crippen LogP contribution is -2.46. The number of nitrogens with zero attached hydrogens (tertiary/aromatic N) is 2. The highest BCUT2D eigenvalue weighted by atomic mass is 79.9. The molecule has 2 aromatic rings. The van der Waals surface area contributed by atoms with Crippen LogP contribution in [0.5, 0.6) is 0 Å². The van der Waals surface area contributed by atoms with Crippen LogP contribution in [-0.2, 0) is 13.0 Å². The van der Waals surface area contributed by atoms with Gasteiger partial charge >= 0.3 is 0 Å². The minimum Gasteiger partial charge on any atom is -0.346 e. The van der Waals surface area contributed by atoms with Crippen LogP contribution in [0.25, 0.3) is 0 Å². The standard InChI is InChI=1S/C17H24BrN3OS/c1-5-7-13-12(18)10-14(23-13)16(22)20-15(17(2,3)4)11-21-9-6-8-19-21/h6,8-10,15H,5,7,11H2,1-4H3,(H,20,22)/t15-/m0/s1. The van der Waals surface area contributed by atoms with Crippen molar-refractivity contribution in [1.82, 2.24) is 15.1 Å². The van der Waals surface area contributed by atoms with E-state index in [4.69, 9.17) is 0 Å². The maximum Gasteiger partial charge on any atom is 0.261 e. The number of halogens is 1. The molecular formula is C17H24BrN3OS. The van der Waals surface area contributed by atoms with E-state index >= 15 is 0 Å². The predicted molar refractivity (Wildman–Crippen MR) is 99.0 cm³/mol. The van der Waals surface area contributed by atoms with E-state index in [-0.39, 0.29) is 17.4 Å². The molecule has 4 nitrogen and oxygen atoms in total. The largest absolute Gasteiger partial charge is 0.346 e. The van der Waals surface area contributed by atoms with Crippen molar-refractivity contribution >= 4 is 33.2 Å². The molecule has 1 atom stereocenters. The number of thiophene rings is 1. The molecule has 0 aromatic carbocycles. The molecule has 0 spiro atoms. The van der Waals surface area contributed by atoms with Crippen molar-refractivity contribution in [1.29, 1.82) is 0 Å². The quantitative estimate of drug-likeness (QED) is 0.779. The zero-order valence-corrected chi connectivity index (χ0v) is 16.5. The van der Waals surface area contributed by atoms with E-state index in [9.17, 15) is 4.79 Å². The second kappa shape index (κ2) is 7.62. The first-order valence-electron chi connectivity index (χ1n) is 7.87. The van der Waals surface area contributed by atoms with E-state index < -0.39 is 0 Å². The summed E-state index contributed by atoms with van der Waals surface area (Å²) in [6, 6.07) is 3.83. The average molecular weight is 398 g/mol. The number of aryl methyl sites for hydroxylation is 1. The SMILES string of the molecule is CCCc1sc(C(=O)N[C@@H](Cn2cccn2)C(C)(C)C)cc1Br. The summed E-state index contributed by atoms with van der Waals surface area (Å²) < 4.78 is 2.90. The first-order chi connectivity index (χ1) is 10.8. The summed E-state index contributed by atoms with van der Waals surface area (Å²) in [7, 11) is 0. The molecule has 0 fully saturated rings. The van der Waals surface area contributed by atoms with E-state index in [0.717, 1.165) is 22.2 Å². The molecule has 0 aliphatic rings. The van der Waals surface area contributed by atoms with Gasteiger partial charge in [0.15, 0.2) is 0 Å². The zero-order chi connectivity index (χ0) is 17.0. The second-order valence-electron chi connectivity index (χ2n) is 6.75. The minimum atomic E-state index is -0.0532. The van der Waals surface area contributed by atoms with Crippen LogP contribution in [0, 0.1) is 5.41 Å². The normalized spacial score (nSPS) is 13.1. The van der Waals surface area contributed by atoms with Gasteiger partial charge in [-0.15, -0.1) is 11.3 Å². The Labute approximate surface area is 150 Å². The van der Waals surface area contributed by atoms with Crippen molar-refractivity contribution in [3.8, 4) is 0 Å². The van der Waals surface area contributed by atoms with Gasteiger partial charge in [-0.25, -0.2) is 0 Å². The summed E-state index contributed by atoms with van der Waals surface area (Å²) in [5, 5.41) is 7.44. The molecule has 0 bridgehead atoms. The molecule has 1 amide bonds. The fourth-order valence-electron chi connectivity index (χ4n) is 2.28. The number of hydrogen-bond acceptors (Lipinski definition) is 3. The van der Waals surface area contributed by atoms with Crippen LogP contribution in [0.2, 0.25) is 0 Å². The molecule has 1 N–H and O–H groups in total. The number of hydrogen-bond donors (Lipinski definition) is 1. The fraction of sp³-hybridized carbons (Fsp3) is 0.529. The van der Waals surface area contributed by atoms with Crippen molar-refractivity contribution in [2.75, 3.05) is 0 Å². The Bertz CT molecular complexity index is 643. The third-order valence-electron chi connectivity index (χ3n) is 3.74. The summed E-state index contributed by atoms with van der Waals surface area (Å²) in [6.07, 6.45) is 5.75. The Kier molecular flexibility index (Phi) is 6.03. The number of carbonyl (C=O) groups excluding carboxylic acids is 1. The Hall–Kier alpha value is -1.14. The number of rotatable bonds is 6. The molecule has 6 heteroatoms. The van der Waals surface area contributed by atoms with Gasteiger partial charge in [-0.3, -0.25) is 9.48 Å². The maximum absolute atomic E-state index is 12.6. The van der Waals surface area contributed by atoms with E-state index in [1.807, 2.05) is 23.0 Å². The maximum atomic E-state index is 12.6. The van der Waals surface area contributed by atoms with Crippen LogP contribution in [0.4, 0.5) is 0 Å². The highest BCUT2D eigenvalue weighted by Gasteiger charge is 2.28. The lowest BCUT2D eigenvalue weighted by molar-refractivity contribution is 0.0894. The first-order valence-corrected chi connectivity index (χ1v) is 9.48. The van der Waals surface area contributed by atoms with Crippen molar-refractivity contribution in [3.63, 3.8) is 0 Å². The van der Waals surface area contributed by atoms with Crippen LogP contribution in [0.3, 0.4) is 0 Å². The summed E-state index contributed by atoms with van der Waals surface area (Å²) in [5.41, 5.74) is -0.0532. The van der Waals surface area contributed by atoms with Gasteiger partial charge in [-0.05, 0) is 39.9 Å². The lowest BCUT2D eigenvalue weighted by atomic mass is 9.86. The third-order valence-corrected chi connectivity index (χ3v) is 5.90. The zero-order valence-electron chi connectivity index (χ0n) is 14.1. The monoisotopic (exact) mass is 397 g/mol. The van der Waals surface area contributed by atoms with Crippen LogP contribution < -0.4 is 5.32 Å². The number of carbonyl (C=O) groups is 1. The second-order valence-corrected chi connectivity index (χ2v) is 8.74. The smallest absolute Gasteiger partial charge is 0.261 e. The Balaban J connectivity index is 2.12. The van der Waals surface area contributed by atoms with Gasteiger partial charge in [-0.2, -0.15) is 5.10 Å². The van der Waals surface area contributed by atoms with Crippen LogP contribution in [-0.4, -0.2) is 21.7 Å². The molecule has 0 aliphatic carbocycles. The van der Waals surface area contributed by atoms with Crippen molar-refractivity contribution < 1.29 is 4.79 Å². The van der Waals surface area contributed by atoms with Crippen LogP contribution >= 0.6 is 27.3 Å². The molecule has 0 aliphatic heterocycles. The van der Waals surface area contributed by atoms with Crippen molar-refractivity contribution in [2.24, 2.45) is 5.41 Å². The highest BCUT2D eigenvalue weighted by Crippen LogP contribution is 2.29. The summed E-state index contributed by atoms with van der Waals surface area (Å²) in [5.74, 6) is -0.00914. The van der Waals surface area contributed by atoms with Gasteiger partial charge in [0.25, 0.3) is 5.91 Å². The highest BCUT2D eigenvalue weighted by molar-refractivity contribution is 9.10. The molecule has 0 radical (unpaired) electrons. The molecule has 2 heterocycles. The van der Waals surface area contributed by atoms with E-state index in [2.05, 4.69) is 54.0 Å². The average Bonchev–Trinajstić information content (AvgIpc) is 3.08. The van der Waals surface area contributed by atoms with E-state index in [0.29, 0.717) is 6.54 Å². The molecule has 0 unspecified atom stereocenters. The molecule has 2 aromatic heterocycles. The van der Waals surface area contributed by atoms with Crippen LogP contribution in [0.15, 0.2) is 29.0 Å². The third kappa shape index (κ3) is 4.91. The summed E-state index contributed by atoms with van der Waals surface area (Å²) in [6.45, 7) is 9.21. The van der Waals surface area contributed by atoms with Crippen molar-refractivity contribution in [2.45, 2.75) is 53.1 Å². The molecular weight excluding hydrogens is 374 g/mol. The van der Waals surface area contributed by atoms with Gasteiger partial charge in [0.2, 0.25) is 0 Å². The molecule has 0 saturated heterocycles.